The maximum absolute atomic E-state index is 14.3. The highest BCUT2D eigenvalue weighted by molar-refractivity contribution is 5.33. The van der Waals surface area contributed by atoms with Crippen LogP contribution in [-0.2, 0) is 5.67 Å². The predicted molar refractivity (Wildman–Crippen MR) is 57.0 cm³/mol. The molecule has 0 saturated carbocycles. The van der Waals surface area contributed by atoms with Gasteiger partial charge in [-0.25, -0.2) is 9.07 Å². The number of benzene rings is 1. The van der Waals surface area contributed by atoms with E-state index in [9.17, 15) is 4.39 Å². The molecule has 1 aromatic heterocycles. The number of nitrogens with one attached hydrogen (secondary N) is 1. The maximum atomic E-state index is 14.3. The van der Waals surface area contributed by atoms with E-state index < -0.39 is 5.67 Å². The van der Waals surface area contributed by atoms with E-state index >= 15 is 0 Å². The fraction of sp³-hybridized carbons (Fsp3) is 0.273. The normalized spacial score (nSPS) is 18.1. The van der Waals surface area contributed by atoms with Crippen LogP contribution in [-0.4, -0.2) is 28.1 Å². The standard InChI is InChI=1S/C11H11FN4/c12-11(7-13-8-11)10-6-14-15-16(10)9-4-2-1-3-5-9/h1-6,13H,7-8H2. The number of halogens is 1. The zero-order valence-electron chi connectivity index (χ0n) is 8.60. The van der Waals surface area contributed by atoms with Crippen LogP contribution in [0.2, 0.25) is 0 Å². The Hall–Kier alpha value is -1.75. The van der Waals surface area contributed by atoms with Gasteiger partial charge in [0.2, 0.25) is 0 Å². The van der Waals surface area contributed by atoms with Crippen LogP contribution in [0.25, 0.3) is 5.69 Å². The second kappa shape index (κ2) is 3.38. The number of nitrogens with zero attached hydrogens (tertiary/aromatic N) is 3. The monoisotopic (exact) mass is 218 g/mol. The van der Waals surface area contributed by atoms with Gasteiger partial charge in [-0.1, -0.05) is 23.4 Å². The van der Waals surface area contributed by atoms with Crippen molar-refractivity contribution in [2.75, 3.05) is 13.1 Å². The zero-order chi connectivity index (χ0) is 11.0. The fourth-order valence-corrected chi connectivity index (χ4v) is 1.83. The lowest BCUT2D eigenvalue weighted by Crippen LogP contribution is -2.54. The summed E-state index contributed by atoms with van der Waals surface area (Å²) >= 11 is 0. The van der Waals surface area contributed by atoms with Crippen LogP contribution < -0.4 is 5.32 Å². The lowest BCUT2D eigenvalue weighted by atomic mass is 9.95. The van der Waals surface area contributed by atoms with Crippen LogP contribution in [0, 0.1) is 0 Å². The molecule has 0 radical (unpaired) electrons. The number of hydrogen-bond acceptors (Lipinski definition) is 3. The Morgan fingerprint density at radius 2 is 2.00 bits per heavy atom. The van der Waals surface area contributed by atoms with E-state index in [1.54, 1.807) is 4.68 Å². The summed E-state index contributed by atoms with van der Waals surface area (Å²) in [5.41, 5.74) is 0.00988. The molecule has 0 aliphatic carbocycles. The summed E-state index contributed by atoms with van der Waals surface area (Å²) in [4.78, 5) is 0. The summed E-state index contributed by atoms with van der Waals surface area (Å²) in [5, 5.41) is 10.7. The molecular formula is C11H11FN4. The third-order valence-corrected chi connectivity index (χ3v) is 2.82. The molecule has 2 heterocycles. The topological polar surface area (TPSA) is 42.7 Å². The fourth-order valence-electron chi connectivity index (χ4n) is 1.83. The zero-order valence-corrected chi connectivity index (χ0v) is 8.60. The average molecular weight is 218 g/mol. The molecule has 0 atom stereocenters. The molecule has 1 aliphatic rings. The largest absolute Gasteiger partial charge is 0.309 e. The summed E-state index contributed by atoms with van der Waals surface area (Å²) < 4.78 is 15.8. The van der Waals surface area contributed by atoms with Gasteiger partial charge in [0.1, 0.15) is 5.69 Å². The van der Waals surface area contributed by atoms with Gasteiger partial charge >= 0.3 is 0 Å². The maximum Gasteiger partial charge on any atom is 0.179 e. The molecule has 5 heteroatoms. The van der Waals surface area contributed by atoms with E-state index in [0.717, 1.165) is 5.69 Å². The van der Waals surface area contributed by atoms with Gasteiger partial charge < -0.3 is 5.32 Å². The van der Waals surface area contributed by atoms with E-state index in [-0.39, 0.29) is 0 Å². The van der Waals surface area contributed by atoms with Crippen LogP contribution >= 0.6 is 0 Å². The van der Waals surface area contributed by atoms with Crippen LogP contribution in [0.15, 0.2) is 36.5 Å². The van der Waals surface area contributed by atoms with E-state index in [2.05, 4.69) is 15.6 Å². The first-order valence-corrected chi connectivity index (χ1v) is 5.16. The summed E-state index contributed by atoms with van der Waals surface area (Å²) in [6, 6.07) is 9.47. The van der Waals surface area contributed by atoms with Crippen molar-refractivity contribution in [2.45, 2.75) is 5.67 Å². The van der Waals surface area contributed by atoms with Gasteiger partial charge in [0.25, 0.3) is 0 Å². The molecule has 0 bridgehead atoms. The summed E-state index contributed by atoms with van der Waals surface area (Å²) in [5.74, 6) is 0. The number of aromatic nitrogens is 3. The highest BCUT2D eigenvalue weighted by Gasteiger charge is 2.42. The summed E-state index contributed by atoms with van der Waals surface area (Å²) in [7, 11) is 0. The number of alkyl halides is 1. The number of rotatable bonds is 2. The van der Waals surface area contributed by atoms with Gasteiger partial charge in [-0.2, -0.15) is 0 Å². The van der Waals surface area contributed by atoms with Gasteiger partial charge in [0.15, 0.2) is 5.67 Å². The summed E-state index contributed by atoms with van der Waals surface area (Å²) in [6.07, 6.45) is 1.49. The molecule has 1 aromatic carbocycles. The van der Waals surface area contributed by atoms with Crippen molar-refractivity contribution >= 4 is 0 Å². The second-order valence-corrected chi connectivity index (χ2v) is 3.94. The van der Waals surface area contributed by atoms with Crippen molar-refractivity contribution < 1.29 is 4.39 Å². The number of para-hydroxylation sites is 1. The third-order valence-electron chi connectivity index (χ3n) is 2.82. The molecule has 3 rings (SSSR count). The van der Waals surface area contributed by atoms with Gasteiger partial charge in [0, 0.05) is 13.1 Å². The minimum absolute atomic E-state index is 0.327. The first-order valence-electron chi connectivity index (χ1n) is 5.16. The Morgan fingerprint density at radius 1 is 1.25 bits per heavy atom. The highest BCUT2D eigenvalue weighted by atomic mass is 19.1. The molecule has 4 nitrogen and oxygen atoms in total. The van der Waals surface area contributed by atoms with Crippen molar-refractivity contribution in [3.8, 4) is 5.69 Å². The van der Waals surface area contributed by atoms with Gasteiger partial charge in [0.05, 0.1) is 11.9 Å². The highest BCUT2D eigenvalue weighted by Crippen LogP contribution is 2.30. The molecule has 0 spiro atoms. The van der Waals surface area contributed by atoms with Crippen molar-refractivity contribution in [2.24, 2.45) is 0 Å². The van der Waals surface area contributed by atoms with E-state index in [4.69, 9.17) is 0 Å². The Bertz CT molecular complexity index is 490. The smallest absolute Gasteiger partial charge is 0.179 e. The third kappa shape index (κ3) is 1.32. The van der Waals surface area contributed by atoms with Crippen LogP contribution in [0.5, 0.6) is 0 Å². The SMILES string of the molecule is FC1(c2cnnn2-c2ccccc2)CNC1. The van der Waals surface area contributed by atoms with Crippen molar-refractivity contribution in [3.05, 3.63) is 42.2 Å². The minimum atomic E-state index is -1.33. The minimum Gasteiger partial charge on any atom is -0.309 e. The van der Waals surface area contributed by atoms with Gasteiger partial charge in [-0.3, -0.25) is 0 Å². The van der Waals surface area contributed by atoms with E-state index in [0.29, 0.717) is 18.8 Å². The van der Waals surface area contributed by atoms with Gasteiger partial charge in [-0.15, -0.1) is 5.10 Å². The van der Waals surface area contributed by atoms with Crippen LogP contribution in [0.3, 0.4) is 0 Å². The van der Waals surface area contributed by atoms with E-state index in [1.165, 1.54) is 6.20 Å². The summed E-state index contributed by atoms with van der Waals surface area (Å²) in [6.45, 7) is 0.653. The van der Waals surface area contributed by atoms with Crippen molar-refractivity contribution in [1.29, 1.82) is 0 Å². The molecule has 2 aromatic rings. The van der Waals surface area contributed by atoms with Gasteiger partial charge in [-0.05, 0) is 12.1 Å². The first kappa shape index (κ1) is 9.47. The quantitative estimate of drug-likeness (QED) is 0.818. The molecule has 1 saturated heterocycles. The molecular weight excluding hydrogens is 207 g/mol. The molecule has 1 N–H and O–H groups in total. The molecule has 82 valence electrons. The predicted octanol–water partition coefficient (Wildman–Crippen LogP) is 1.04. The van der Waals surface area contributed by atoms with Crippen LogP contribution in [0.1, 0.15) is 5.69 Å². The Kier molecular flexibility index (Phi) is 2.00. The van der Waals surface area contributed by atoms with Crippen molar-refractivity contribution in [1.82, 2.24) is 20.3 Å². The molecule has 1 fully saturated rings. The molecule has 1 aliphatic heterocycles. The second-order valence-electron chi connectivity index (χ2n) is 3.94. The van der Waals surface area contributed by atoms with Crippen LogP contribution in [0.4, 0.5) is 4.39 Å². The molecule has 0 unspecified atom stereocenters. The molecule has 16 heavy (non-hydrogen) atoms. The lowest BCUT2D eigenvalue weighted by molar-refractivity contribution is 0.0811. The van der Waals surface area contributed by atoms with E-state index in [1.807, 2.05) is 30.3 Å². The average Bonchev–Trinajstić information content (AvgIpc) is 2.76. The Balaban J connectivity index is 2.06. The van der Waals surface area contributed by atoms with Crippen molar-refractivity contribution in [3.63, 3.8) is 0 Å². The Morgan fingerprint density at radius 3 is 2.62 bits per heavy atom. The number of hydrogen-bond donors (Lipinski definition) is 1. The molecule has 0 amide bonds. The lowest BCUT2D eigenvalue weighted by Gasteiger charge is -2.34. The Labute approximate surface area is 92.1 Å². The first-order chi connectivity index (χ1) is 7.80.